The first kappa shape index (κ1) is 25.6. The zero-order valence-corrected chi connectivity index (χ0v) is 20.8. The van der Waals surface area contributed by atoms with E-state index < -0.39 is 11.6 Å². The highest BCUT2D eigenvalue weighted by Crippen LogP contribution is 2.44. The Hall–Kier alpha value is -1.97. The molecule has 1 aromatic heterocycles. The molecule has 2 aliphatic rings. The number of thiophene rings is 1. The topological polar surface area (TPSA) is 40.1 Å². The van der Waals surface area contributed by atoms with E-state index in [1.807, 2.05) is 12.1 Å². The van der Waals surface area contributed by atoms with Crippen LogP contribution in [0.2, 0.25) is 0 Å². The second kappa shape index (κ2) is 10.5. The van der Waals surface area contributed by atoms with Crippen LogP contribution in [-0.4, -0.2) is 62.1 Å². The third-order valence-corrected chi connectivity index (χ3v) is 7.15. The molecule has 0 saturated carbocycles. The molecular formula is C23H26Cl2F2N4OS. The van der Waals surface area contributed by atoms with E-state index in [1.165, 1.54) is 12.1 Å². The summed E-state index contributed by atoms with van der Waals surface area (Å²) >= 11 is 1.60. The molecule has 5 nitrogen and oxygen atoms in total. The Morgan fingerprint density at radius 2 is 1.91 bits per heavy atom. The van der Waals surface area contributed by atoms with E-state index in [2.05, 4.69) is 34.3 Å². The summed E-state index contributed by atoms with van der Waals surface area (Å²) in [5, 5.41) is 5.32. The van der Waals surface area contributed by atoms with Crippen LogP contribution in [-0.2, 0) is 4.74 Å². The minimum atomic E-state index is -0.893. The normalized spacial score (nSPS) is 17.8. The van der Waals surface area contributed by atoms with E-state index in [1.54, 1.807) is 18.4 Å². The van der Waals surface area contributed by atoms with Gasteiger partial charge in [-0.15, -0.1) is 36.2 Å². The lowest BCUT2D eigenvalue weighted by Crippen LogP contribution is -2.53. The lowest BCUT2D eigenvalue weighted by Gasteiger charge is -2.41. The number of hydrogen-bond donors (Lipinski definition) is 1. The van der Waals surface area contributed by atoms with Crippen LogP contribution in [0.25, 0.3) is 10.1 Å². The molecule has 178 valence electrons. The Morgan fingerprint density at radius 3 is 2.70 bits per heavy atom. The Balaban J connectivity index is 0.00000153. The average molecular weight is 515 g/mol. The number of ether oxygens (including phenoxy) is 1. The molecule has 3 heterocycles. The standard InChI is InChI=1S/C23H24F2N4OS.2ClH/c1-28-8-9-29(13-14(28)7-10-30-2)22-21-15-5-3-4-6-20(15)31-23(21)27-19-12-17(25)16(24)11-18(19)26-22;;/h3-6,11-12,14,27H,7-10,13H2,1-2H3;2*1H. The highest BCUT2D eigenvalue weighted by Gasteiger charge is 2.31. The van der Waals surface area contributed by atoms with Gasteiger partial charge < -0.3 is 15.0 Å². The molecule has 0 radical (unpaired) electrons. The van der Waals surface area contributed by atoms with Gasteiger partial charge in [0.15, 0.2) is 11.6 Å². The number of piperazine rings is 1. The second-order valence-electron chi connectivity index (χ2n) is 8.01. The van der Waals surface area contributed by atoms with Crippen LogP contribution in [0.1, 0.15) is 12.0 Å². The van der Waals surface area contributed by atoms with Gasteiger partial charge in [0.2, 0.25) is 0 Å². The number of rotatable bonds is 3. The molecule has 3 aromatic rings. The maximum absolute atomic E-state index is 14.1. The van der Waals surface area contributed by atoms with Crippen molar-refractivity contribution in [3.05, 3.63) is 53.6 Å². The molecule has 10 heteroatoms. The van der Waals surface area contributed by atoms with Gasteiger partial charge in [0.1, 0.15) is 10.8 Å². The fraction of sp³-hybridized carbons (Fsp3) is 0.348. The van der Waals surface area contributed by atoms with Crippen molar-refractivity contribution < 1.29 is 13.5 Å². The molecule has 1 N–H and O–H groups in total. The first-order valence-corrected chi connectivity index (χ1v) is 11.2. The fourth-order valence-electron chi connectivity index (χ4n) is 4.31. The Morgan fingerprint density at radius 1 is 1.15 bits per heavy atom. The van der Waals surface area contributed by atoms with Crippen LogP contribution in [0.3, 0.4) is 0 Å². The number of fused-ring (bicyclic) bond motifs is 4. The van der Waals surface area contributed by atoms with Gasteiger partial charge in [-0.2, -0.15) is 0 Å². The van der Waals surface area contributed by atoms with E-state index in [9.17, 15) is 8.78 Å². The number of amidine groups is 1. The first-order valence-electron chi connectivity index (χ1n) is 10.4. The van der Waals surface area contributed by atoms with Gasteiger partial charge in [0.25, 0.3) is 0 Å². The molecule has 1 atom stereocenters. The zero-order valence-electron chi connectivity index (χ0n) is 18.3. The third kappa shape index (κ3) is 4.81. The van der Waals surface area contributed by atoms with Crippen LogP contribution in [0.4, 0.5) is 25.2 Å². The predicted octanol–water partition coefficient (Wildman–Crippen LogP) is 5.81. The summed E-state index contributed by atoms with van der Waals surface area (Å²) in [6, 6.07) is 10.9. The highest BCUT2D eigenvalue weighted by atomic mass is 35.5. The summed E-state index contributed by atoms with van der Waals surface area (Å²) in [5.41, 5.74) is 1.88. The SMILES string of the molecule is COCCC1CN(C2=Nc3cc(F)c(F)cc3Nc3sc4ccccc4c32)CCN1C.Cl.Cl. The Kier molecular flexibility index (Phi) is 8.18. The molecule has 0 amide bonds. The molecule has 5 rings (SSSR count). The van der Waals surface area contributed by atoms with Crippen molar-refractivity contribution in [2.45, 2.75) is 12.5 Å². The van der Waals surface area contributed by atoms with E-state index in [0.29, 0.717) is 24.0 Å². The zero-order chi connectivity index (χ0) is 21.5. The van der Waals surface area contributed by atoms with Crippen LogP contribution < -0.4 is 5.32 Å². The largest absolute Gasteiger partial charge is 0.385 e. The maximum Gasteiger partial charge on any atom is 0.161 e. The summed E-state index contributed by atoms with van der Waals surface area (Å²) in [4.78, 5) is 9.52. The summed E-state index contributed by atoms with van der Waals surface area (Å²) in [6.45, 7) is 3.18. The predicted molar refractivity (Wildman–Crippen MR) is 137 cm³/mol. The van der Waals surface area contributed by atoms with Crippen LogP contribution in [0, 0.1) is 11.6 Å². The summed E-state index contributed by atoms with van der Waals surface area (Å²) in [6.07, 6.45) is 0.919. The number of benzene rings is 2. The van der Waals surface area contributed by atoms with Crippen molar-refractivity contribution in [3.8, 4) is 0 Å². The molecule has 0 bridgehead atoms. The molecule has 1 saturated heterocycles. The molecule has 0 spiro atoms. The van der Waals surface area contributed by atoms with Gasteiger partial charge in [-0.3, -0.25) is 4.90 Å². The monoisotopic (exact) mass is 514 g/mol. The number of aliphatic imine (C=N–C) groups is 1. The van der Waals surface area contributed by atoms with Crippen molar-refractivity contribution in [1.29, 1.82) is 0 Å². The maximum atomic E-state index is 14.1. The first-order chi connectivity index (χ1) is 15.0. The Bertz CT molecular complexity index is 1170. The molecule has 2 aliphatic heterocycles. The van der Waals surface area contributed by atoms with Crippen LogP contribution in [0.5, 0.6) is 0 Å². The van der Waals surface area contributed by atoms with Crippen LogP contribution in [0.15, 0.2) is 41.4 Å². The minimum Gasteiger partial charge on any atom is -0.385 e. The second-order valence-corrected chi connectivity index (χ2v) is 9.06. The van der Waals surface area contributed by atoms with E-state index in [-0.39, 0.29) is 24.8 Å². The van der Waals surface area contributed by atoms with Crippen molar-refractivity contribution >= 4 is 68.4 Å². The summed E-state index contributed by atoms with van der Waals surface area (Å²) in [5.74, 6) is -0.970. The summed E-state index contributed by atoms with van der Waals surface area (Å²) in [7, 11) is 3.85. The van der Waals surface area contributed by atoms with Crippen molar-refractivity contribution in [3.63, 3.8) is 0 Å². The highest BCUT2D eigenvalue weighted by molar-refractivity contribution is 7.23. The third-order valence-electron chi connectivity index (χ3n) is 6.06. The van der Waals surface area contributed by atoms with E-state index in [0.717, 1.165) is 52.5 Å². The van der Waals surface area contributed by atoms with Crippen molar-refractivity contribution in [2.24, 2.45) is 4.99 Å². The number of methoxy groups -OCH3 is 1. The van der Waals surface area contributed by atoms with E-state index in [4.69, 9.17) is 9.73 Å². The molecule has 0 aliphatic carbocycles. The number of anilines is 2. The number of nitrogens with one attached hydrogen (secondary N) is 1. The van der Waals surface area contributed by atoms with Crippen molar-refractivity contribution in [2.75, 3.05) is 45.7 Å². The quantitative estimate of drug-likeness (QED) is 0.478. The Labute approximate surface area is 208 Å². The molecule has 1 fully saturated rings. The van der Waals surface area contributed by atoms with Crippen LogP contribution >= 0.6 is 36.2 Å². The van der Waals surface area contributed by atoms with Gasteiger partial charge in [0.05, 0.1) is 16.9 Å². The molecule has 2 aromatic carbocycles. The van der Waals surface area contributed by atoms with Gasteiger partial charge in [0, 0.05) is 61.6 Å². The number of nitrogens with zero attached hydrogens (tertiary/aromatic N) is 3. The number of halogens is 4. The molecule has 33 heavy (non-hydrogen) atoms. The van der Waals surface area contributed by atoms with Gasteiger partial charge in [-0.1, -0.05) is 18.2 Å². The van der Waals surface area contributed by atoms with E-state index >= 15 is 0 Å². The average Bonchev–Trinajstić information content (AvgIpc) is 3.05. The van der Waals surface area contributed by atoms with Gasteiger partial charge in [-0.25, -0.2) is 13.8 Å². The lowest BCUT2D eigenvalue weighted by molar-refractivity contribution is 0.100. The minimum absolute atomic E-state index is 0. The fourth-order valence-corrected chi connectivity index (χ4v) is 5.42. The summed E-state index contributed by atoms with van der Waals surface area (Å²) < 4.78 is 34.5. The lowest BCUT2D eigenvalue weighted by atomic mass is 10.1. The smallest absolute Gasteiger partial charge is 0.161 e. The van der Waals surface area contributed by atoms with Gasteiger partial charge >= 0.3 is 0 Å². The van der Waals surface area contributed by atoms with Gasteiger partial charge in [-0.05, 0) is 19.5 Å². The number of hydrogen-bond acceptors (Lipinski definition) is 6. The number of likely N-dealkylation sites (N-methyl/N-ethyl adjacent to an activating group) is 1. The molecule has 1 unspecified atom stereocenters. The molecular weight excluding hydrogens is 489 g/mol. The van der Waals surface area contributed by atoms with Crippen molar-refractivity contribution in [1.82, 2.24) is 9.80 Å².